The van der Waals surface area contributed by atoms with Crippen LogP contribution in [0.1, 0.15) is 11.7 Å². The van der Waals surface area contributed by atoms with Gasteiger partial charge in [0.25, 0.3) is 0 Å². The Kier molecular flexibility index (Phi) is 6.11. The summed E-state index contributed by atoms with van der Waals surface area (Å²) in [7, 11) is 4.08. The summed E-state index contributed by atoms with van der Waals surface area (Å²) in [6.45, 7) is 1.70. The minimum atomic E-state index is -0.132. The Bertz CT molecular complexity index is 556. The third-order valence-corrected chi connectivity index (χ3v) is 4.54. The number of hydrogen-bond donors (Lipinski definition) is 1. The van der Waals surface area contributed by atoms with Crippen LogP contribution in [0.2, 0.25) is 5.02 Å². The molecule has 1 aromatic carbocycles. The highest BCUT2D eigenvalue weighted by Gasteiger charge is 2.17. The zero-order chi connectivity index (χ0) is 15.2. The van der Waals surface area contributed by atoms with Crippen LogP contribution in [0.15, 0.2) is 41.4 Å². The molecule has 1 unspecified atom stereocenters. The summed E-state index contributed by atoms with van der Waals surface area (Å²) >= 11 is 7.98. The molecular formula is C15H21ClN4S. The molecule has 2 rings (SSSR count). The number of rotatable bonds is 7. The quantitative estimate of drug-likeness (QED) is 0.796. The normalized spacial score (nSPS) is 12.8. The van der Waals surface area contributed by atoms with Crippen molar-refractivity contribution in [3.8, 4) is 0 Å². The number of benzene rings is 1. The van der Waals surface area contributed by atoms with Gasteiger partial charge >= 0.3 is 0 Å². The Balaban J connectivity index is 2.01. The maximum atomic E-state index is 6.32. The highest BCUT2D eigenvalue weighted by atomic mass is 35.5. The molecule has 1 atom stereocenters. The summed E-state index contributed by atoms with van der Waals surface area (Å²) in [4.78, 5) is 3.33. The Morgan fingerprint density at radius 3 is 2.71 bits per heavy atom. The predicted octanol–water partition coefficient (Wildman–Crippen LogP) is 2.89. The highest BCUT2D eigenvalue weighted by Crippen LogP contribution is 2.27. The number of nitrogens with zero attached hydrogens (tertiary/aromatic N) is 3. The molecule has 6 heteroatoms. The van der Waals surface area contributed by atoms with E-state index in [2.05, 4.69) is 22.1 Å². The maximum Gasteiger partial charge on any atom is 0.0834 e. The predicted molar refractivity (Wildman–Crippen MR) is 89.9 cm³/mol. The second-order valence-corrected chi connectivity index (χ2v) is 6.64. The second-order valence-electron chi connectivity index (χ2n) is 5.13. The Hall–Kier alpha value is -1.01. The van der Waals surface area contributed by atoms with Crippen LogP contribution in [-0.2, 0) is 6.54 Å². The molecule has 4 nitrogen and oxygen atoms in total. The van der Waals surface area contributed by atoms with Gasteiger partial charge in [0.15, 0.2) is 0 Å². The van der Waals surface area contributed by atoms with Crippen LogP contribution in [-0.4, -0.2) is 41.1 Å². The fourth-order valence-corrected chi connectivity index (χ4v) is 3.16. The monoisotopic (exact) mass is 324 g/mol. The largest absolute Gasteiger partial charge is 0.322 e. The van der Waals surface area contributed by atoms with E-state index < -0.39 is 0 Å². The van der Waals surface area contributed by atoms with Crippen molar-refractivity contribution < 1.29 is 0 Å². The molecule has 0 bridgehead atoms. The van der Waals surface area contributed by atoms with Crippen molar-refractivity contribution in [1.82, 2.24) is 14.7 Å². The van der Waals surface area contributed by atoms with Crippen LogP contribution in [0.25, 0.3) is 0 Å². The summed E-state index contributed by atoms with van der Waals surface area (Å²) in [6.07, 6.45) is 1.68. The van der Waals surface area contributed by atoms with Crippen molar-refractivity contribution in [3.63, 3.8) is 0 Å². The number of thioether (sulfide) groups is 1. The average molecular weight is 325 g/mol. The van der Waals surface area contributed by atoms with Gasteiger partial charge in [-0.15, -0.1) is 11.8 Å². The minimum absolute atomic E-state index is 0.132. The standard InChI is InChI=1S/C15H21ClN4S/c1-19(2)8-9-20-15(13(16)10-18-20)14(17)11-21-12-6-4-3-5-7-12/h3-7,10,14H,8-9,11,17H2,1-2H3. The zero-order valence-corrected chi connectivity index (χ0v) is 13.9. The molecule has 0 saturated heterocycles. The number of halogens is 1. The maximum absolute atomic E-state index is 6.32. The third kappa shape index (κ3) is 4.74. The lowest BCUT2D eigenvalue weighted by molar-refractivity contribution is 0.367. The van der Waals surface area contributed by atoms with Gasteiger partial charge in [0.2, 0.25) is 0 Å². The minimum Gasteiger partial charge on any atom is -0.322 e. The first kappa shape index (κ1) is 16.4. The summed E-state index contributed by atoms with van der Waals surface area (Å²) in [5, 5.41) is 4.98. The SMILES string of the molecule is CN(C)CCn1ncc(Cl)c1C(N)CSc1ccccc1. The van der Waals surface area contributed by atoms with Crippen molar-refractivity contribution in [2.75, 3.05) is 26.4 Å². The number of aromatic nitrogens is 2. The first-order valence-corrected chi connectivity index (χ1v) is 8.23. The second kappa shape index (κ2) is 7.84. The van der Waals surface area contributed by atoms with Gasteiger partial charge in [0.05, 0.1) is 29.5 Å². The molecule has 0 aliphatic rings. The molecule has 0 aliphatic carbocycles. The van der Waals surface area contributed by atoms with Gasteiger partial charge < -0.3 is 10.6 Å². The summed E-state index contributed by atoms with van der Waals surface area (Å²) < 4.78 is 1.92. The van der Waals surface area contributed by atoms with Crippen LogP contribution < -0.4 is 5.73 Å². The number of likely N-dealkylation sites (N-methyl/N-ethyl adjacent to an activating group) is 1. The first-order chi connectivity index (χ1) is 10.1. The summed E-state index contributed by atoms with van der Waals surface area (Å²) in [6, 6.07) is 10.1. The van der Waals surface area contributed by atoms with Crippen molar-refractivity contribution >= 4 is 23.4 Å². The fraction of sp³-hybridized carbons (Fsp3) is 0.400. The van der Waals surface area contributed by atoms with E-state index in [0.29, 0.717) is 5.02 Å². The highest BCUT2D eigenvalue weighted by molar-refractivity contribution is 7.99. The van der Waals surface area contributed by atoms with Crippen molar-refractivity contribution in [1.29, 1.82) is 0 Å². The molecule has 2 aromatic rings. The smallest absolute Gasteiger partial charge is 0.0834 e. The number of hydrogen-bond acceptors (Lipinski definition) is 4. The molecule has 2 N–H and O–H groups in total. The van der Waals surface area contributed by atoms with E-state index >= 15 is 0 Å². The zero-order valence-electron chi connectivity index (χ0n) is 12.4. The number of nitrogens with two attached hydrogens (primary N) is 1. The Labute approximate surface area is 135 Å². The first-order valence-electron chi connectivity index (χ1n) is 6.87. The van der Waals surface area contributed by atoms with Gasteiger partial charge in [-0.25, -0.2) is 0 Å². The van der Waals surface area contributed by atoms with Gasteiger partial charge in [0.1, 0.15) is 0 Å². The van der Waals surface area contributed by atoms with Crippen LogP contribution in [0, 0.1) is 0 Å². The van der Waals surface area contributed by atoms with E-state index in [0.717, 1.165) is 24.5 Å². The fourth-order valence-electron chi connectivity index (χ4n) is 2.00. The van der Waals surface area contributed by atoms with Gasteiger partial charge in [0, 0.05) is 17.2 Å². The van der Waals surface area contributed by atoms with Crippen LogP contribution in [0.5, 0.6) is 0 Å². The van der Waals surface area contributed by atoms with Gasteiger partial charge in [-0.2, -0.15) is 5.10 Å². The Morgan fingerprint density at radius 1 is 1.33 bits per heavy atom. The Morgan fingerprint density at radius 2 is 2.05 bits per heavy atom. The lowest BCUT2D eigenvalue weighted by Gasteiger charge is -2.16. The molecule has 0 spiro atoms. The van der Waals surface area contributed by atoms with Crippen molar-refractivity contribution in [3.05, 3.63) is 47.2 Å². The lowest BCUT2D eigenvalue weighted by Crippen LogP contribution is -2.24. The topological polar surface area (TPSA) is 47.1 Å². The van der Waals surface area contributed by atoms with E-state index in [1.165, 1.54) is 4.90 Å². The summed E-state index contributed by atoms with van der Waals surface area (Å²) in [5.41, 5.74) is 7.23. The molecule has 114 valence electrons. The molecular weight excluding hydrogens is 304 g/mol. The van der Waals surface area contributed by atoms with Crippen LogP contribution >= 0.6 is 23.4 Å². The average Bonchev–Trinajstić information content (AvgIpc) is 2.85. The molecule has 1 aromatic heterocycles. The van der Waals surface area contributed by atoms with E-state index in [1.54, 1.807) is 18.0 Å². The van der Waals surface area contributed by atoms with E-state index in [4.69, 9.17) is 17.3 Å². The summed E-state index contributed by atoms with van der Waals surface area (Å²) in [5.74, 6) is 0.775. The molecule has 0 amide bonds. The van der Waals surface area contributed by atoms with Gasteiger partial charge in [-0.05, 0) is 26.2 Å². The van der Waals surface area contributed by atoms with Crippen LogP contribution in [0.4, 0.5) is 0 Å². The van der Waals surface area contributed by atoms with Crippen LogP contribution in [0.3, 0.4) is 0 Å². The molecule has 0 saturated carbocycles. The molecule has 0 radical (unpaired) electrons. The van der Waals surface area contributed by atoms with E-state index in [-0.39, 0.29) is 6.04 Å². The van der Waals surface area contributed by atoms with Gasteiger partial charge in [-0.1, -0.05) is 29.8 Å². The molecule has 0 fully saturated rings. The molecule has 21 heavy (non-hydrogen) atoms. The lowest BCUT2D eigenvalue weighted by atomic mass is 10.2. The molecule has 0 aliphatic heterocycles. The van der Waals surface area contributed by atoms with Crippen molar-refractivity contribution in [2.24, 2.45) is 5.73 Å². The van der Waals surface area contributed by atoms with Crippen molar-refractivity contribution in [2.45, 2.75) is 17.5 Å². The molecule has 1 heterocycles. The van der Waals surface area contributed by atoms with Gasteiger partial charge in [-0.3, -0.25) is 4.68 Å². The third-order valence-electron chi connectivity index (χ3n) is 3.12. The van der Waals surface area contributed by atoms with E-state index in [1.807, 2.05) is 37.0 Å². The van der Waals surface area contributed by atoms with E-state index in [9.17, 15) is 0 Å².